The van der Waals surface area contributed by atoms with Gasteiger partial charge in [-0.3, -0.25) is 4.90 Å². The molecular formula is C17H26N2O. The van der Waals surface area contributed by atoms with Crippen LogP contribution in [0.5, 0.6) is 5.75 Å². The molecule has 1 atom stereocenters. The number of hydrogen-bond acceptors (Lipinski definition) is 3. The minimum Gasteiger partial charge on any atom is -0.496 e. The quantitative estimate of drug-likeness (QED) is 0.830. The number of nitrogens with two attached hydrogens (primary N) is 1. The first kappa shape index (κ1) is 13.9. The lowest BCUT2D eigenvalue weighted by Gasteiger charge is -2.23. The Labute approximate surface area is 122 Å². The van der Waals surface area contributed by atoms with Gasteiger partial charge in [-0.2, -0.15) is 0 Å². The van der Waals surface area contributed by atoms with Crippen LogP contribution in [0.4, 0.5) is 0 Å². The van der Waals surface area contributed by atoms with Gasteiger partial charge in [0, 0.05) is 30.7 Å². The van der Waals surface area contributed by atoms with E-state index in [1.165, 1.54) is 43.4 Å². The SMILES string of the molecule is COc1ccc(C(C)N)cc1CN(CC1CC1)C1CC1. The van der Waals surface area contributed by atoms with Crippen LogP contribution in [0.15, 0.2) is 18.2 Å². The Kier molecular flexibility index (Phi) is 3.99. The fourth-order valence-corrected chi connectivity index (χ4v) is 2.84. The number of nitrogens with zero attached hydrogens (tertiary/aromatic N) is 1. The molecule has 3 rings (SSSR count). The molecule has 0 amide bonds. The third-order valence-corrected chi connectivity index (χ3v) is 4.46. The van der Waals surface area contributed by atoms with Crippen molar-refractivity contribution in [2.45, 2.75) is 51.2 Å². The summed E-state index contributed by atoms with van der Waals surface area (Å²) in [6, 6.07) is 7.26. The lowest BCUT2D eigenvalue weighted by Crippen LogP contribution is -2.28. The van der Waals surface area contributed by atoms with E-state index < -0.39 is 0 Å². The van der Waals surface area contributed by atoms with Crippen LogP contribution in [0.1, 0.15) is 49.8 Å². The molecule has 2 aliphatic carbocycles. The zero-order valence-electron chi connectivity index (χ0n) is 12.6. The first-order valence-corrected chi connectivity index (χ1v) is 7.84. The largest absolute Gasteiger partial charge is 0.496 e. The second kappa shape index (κ2) is 5.74. The van der Waals surface area contributed by atoms with Crippen molar-refractivity contribution in [3.63, 3.8) is 0 Å². The molecule has 2 aliphatic rings. The molecule has 0 bridgehead atoms. The number of benzene rings is 1. The lowest BCUT2D eigenvalue weighted by atomic mass is 10.0. The highest BCUT2D eigenvalue weighted by Gasteiger charge is 2.33. The molecule has 0 radical (unpaired) electrons. The number of methoxy groups -OCH3 is 1. The van der Waals surface area contributed by atoms with Gasteiger partial charge in [-0.15, -0.1) is 0 Å². The van der Waals surface area contributed by atoms with Gasteiger partial charge in [0.1, 0.15) is 5.75 Å². The zero-order chi connectivity index (χ0) is 14.1. The van der Waals surface area contributed by atoms with Crippen LogP contribution in [-0.2, 0) is 6.54 Å². The molecule has 3 nitrogen and oxygen atoms in total. The molecule has 2 saturated carbocycles. The molecule has 2 fully saturated rings. The van der Waals surface area contributed by atoms with Gasteiger partial charge >= 0.3 is 0 Å². The molecule has 1 aromatic rings. The van der Waals surface area contributed by atoms with Gasteiger partial charge in [0.05, 0.1) is 7.11 Å². The smallest absolute Gasteiger partial charge is 0.123 e. The topological polar surface area (TPSA) is 38.5 Å². The second-order valence-corrected chi connectivity index (χ2v) is 6.46. The molecule has 0 spiro atoms. The summed E-state index contributed by atoms with van der Waals surface area (Å²) < 4.78 is 5.53. The predicted molar refractivity (Wildman–Crippen MR) is 81.8 cm³/mol. The van der Waals surface area contributed by atoms with E-state index in [1.54, 1.807) is 7.11 Å². The van der Waals surface area contributed by atoms with E-state index in [2.05, 4.69) is 23.1 Å². The van der Waals surface area contributed by atoms with Crippen LogP contribution in [0.2, 0.25) is 0 Å². The molecule has 1 aromatic carbocycles. The first-order chi connectivity index (χ1) is 9.67. The van der Waals surface area contributed by atoms with Crippen LogP contribution in [0.3, 0.4) is 0 Å². The monoisotopic (exact) mass is 274 g/mol. The maximum atomic E-state index is 6.01. The predicted octanol–water partition coefficient (Wildman–Crippen LogP) is 3.09. The van der Waals surface area contributed by atoms with E-state index in [0.717, 1.165) is 24.3 Å². The van der Waals surface area contributed by atoms with Crippen LogP contribution in [0, 0.1) is 5.92 Å². The summed E-state index contributed by atoms with van der Waals surface area (Å²) in [5.41, 5.74) is 8.50. The van der Waals surface area contributed by atoms with Crippen molar-refractivity contribution in [3.8, 4) is 5.75 Å². The average molecular weight is 274 g/mol. The fraction of sp³-hybridized carbons (Fsp3) is 0.647. The minimum atomic E-state index is 0.0810. The molecule has 110 valence electrons. The summed E-state index contributed by atoms with van der Waals surface area (Å²) in [5, 5.41) is 0. The molecule has 0 aliphatic heterocycles. The Morgan fingerprint density at radius 2 is 2.05 bits per heavy atom. The highest BCUT2D eigenvalue weighted by atomic mass is 16.5. The molecule has 2 N–H and O–H groups in total. The summed E-state index contributed by atoms with van der Waals surface area (Å²) in [5.74, 6) is 1.94. The van der Waals surface area contributed by atoms with E-state index in [1.807, 2.05) is 6.92 Å². The van der Waals surface area contributed by atoms with E-state index in [9.17, 15) is 0 Å². The Morgan fingerprint density at radius 1 is 1.30 bits per heavy atom. The van der Waals surface area contributed by atoms with E-state index >= 15 is 0 Å². The maximum absolute atomic E-state index is 6.01. The average Bonchev–Trinajstić information content (AvgIpc) is 3.30. The van der Waals surface area contributed by atoms with Crippen molar-refractivity contribution >= 4 is 0 Å². The van der Waals surface area contributed by atoms with E-state index in [0.29, 0.717) is 0 Å². The molecule has 1 unspecified atom stereocenters. The third-order valence-electron chi connectivity index (χ3n) is 4.46. The molecule has 0 aromatic heterocycles. The second-order valence-electron chi connectivity index (χ2n) is 6.46. The van der Waals surface area contributed by atoms with Crippen LogP contribution < -0.4 is 10.5 Å². The fourth-order valence-electron chi connectivity index (χ4n) is 2.84. The van der Waals surface area contributed by atoms with E-state index in [-0.39, 0.29) is 6.04 Å². The molecule has 0 heterocycles. The first-order valence-electron chi connectivity index (χ1n) is 7.84. The highest BCUT2D eigenvalue weighted by molar-refractivity contribution is 5.38. The van der Waals surface area contributed by atoms with E-state index in [4.69, 9.17) is 10.5 Å². The van der Waals surface area contributed by atoms with Gasteiger partial charge in [-0.05, 0) is 56.2 Å². The zero-order valence-corrected chi connectivity index (χ0v) is 12.6. The van der Waals surface area contributed by atoms with Crippen molar-refractivity contribution in [3.05, 3.63) is 29.3 Å². The number of rotatable bonds is 7. The minimum absolute atomic E-state index is 0.0810. The summed E-state index contributed by atoms with van der Waals surface area (Å²) >= 11 is 0. The van der Waals surface area contributed by atoms with Gasteiger partial charge in [-0.25, -0.2) is 0 Å². The van der Waals surface area contributed by atoms with Gasteiger partial charge < -0.3 is 10.5 Å². The lowest BCUT2D eigenvalue weighted by molar-refractivity contribution is 0.240. The Hall–Kier alpha value is -1.06. The maximum Gasteiger partial charge on any atom is 0.123 e. The van der Waals surface area contributed by atoms with Crippen molar-refractivity contribution in [2.75, 3.05) is 13.7 Å². The Bertz CT molecular complexity index is 464. The van der Waals surface area contributed by atoms with Crippen LogP contribution >= 0.6 is 0 Å². The summed E-state index contributed by atoms with van der Waals surface area (Å²) in [6.45, 7) is 4.30. The standard InChI is InChI=1S/C17H26N2O/c1-12(18)14-5-8-17(20-2)15(9-14)11-19(16-6-7-16)10-13-3-4-13/h5,8-9,12-13,16H,3-4,6-7,10-11,18H2,1-2H3. The van der Waals surface area contributed by atoms with Gasteiger partial charge in [0.25, 0.3) is 0 Å². The number of hydrogen-bond donors (Lipinski definition) is 1. The summed E-state index contributed by atoms with van der Waals surface area (Å²) in [6.07, 6.45) is 5.56. The Balaban J connectivity index is 1.77. The van der Waals surface area contributed by atoms with Gasteiger partial charge in [0.15, 0.2) is 0 Å². The van der Waals surface area contributed by atoms with Crippen molar-refractivity contribution < 1.29 is 4.74 Å². The van der Waals surface area contributed by atoms with Gasteiger partial charge in [-0.1, -0.05) is 6.07 Å². The van der Waals surface area contributed by atoms with Gasteiger partial charge in [0.2, 0.25) is 0 Å². The normalized spacial score (nSPS) is 20.2. The molecule has 0 saturated heterocycles. The summed E-state index contributed by atoms with van der Waals surface area (Å²) in [4.78, 5) is 2.65. The van der Waals surface area contributed by atoms with Crippen LogP contribution in [-0.4, -0.2) is 24.6 Å². The molecule has 3 heteroatoms. The number of ether oxygens (including phenoxy) is 1. The molecule has 20 heavy (non-hydrogen) atoms. The van der Waals surface area contributed by atoms with Crippen molar-refractivity contribution in [1.82, 2.24) is 4.90 Å². The van der Waals surface area contributed by atoms with Crippen molar-refractivity contribution in [1.29, 1.82) is 0 Å². The van der Waals surface area contributed by atoms with Crippen LogP contribution in [0.25, 0.3) is 0 Å². The summed E-state index contributed by atoms with van der Waals surface area (Å²) in [7, 11) is 1.76. The molecular weight excluding hydrogens is 248 g/mol. The Morgan fingerprint density at radius 3 is 2.60 bits per heavy atom. The van der Waals surface area contributed by atoms with Crippen molar-refractivity contribution in [2.24, 2.45) is 11.7 Å². The highest BCUT2D eigenvalue weighted by Crippen LogP contribution is 2.36. The third kappa shape index (κ3) is 3.33.